The molecule has 0 amide bonds. The van der Waals surface area contributed by atoms with Crippen LogP contribution in [-0.2, 0) is 6.61 Å². The molecule has 0 saturated heterocycles. The van der Waals surface area contributed by atoms with Crippen LogP contribution in [-0.4, -0.2) is 10.1 Å². The van der Waals surface area contributed by atoms with Crippen molar-refractivity contribution >= 4 is 34.4 Å². The summed E-state index contributed by atoms with van der Waals surface area (Å²) in [6, 6.07) is 3.96. The number of aromatic nitrogens is 1. The van der Waals surface area contributed by atoms with Gasteiger partial charge in [0.25, 0.3) is 0 Å². The van der Waals surface area contributed by atoms with Gasteiger partial charge in [0, 0.05) is 16.5 Å². The first-order chi connectivity index (χ1) is 6.38. The SMILES string of the molecule is OCc1ccc(Sc2nccs2)s1. The molecule has 0 atom stereocenters. The quantitative estimate of drug-likeness (QED) is 0.878. The molecule has 0 spiro atoms. The Labute approximate surface area is 88.3 Å². The Bertz CT molecular complexity index is 368. The van der Waals surface area contributed by atoms with E-state index in [2.05, 4.69) is 4.98 Å². The van der Waals surface area contributed by atoms with Crippen molar-refractivity contribution in [3.05, 3.63) is 28.6 Å². The molecule has 2 aromatic heterocycles. The van der Waals surface area contributed by atoms with Gasteiger partial charge >= 0.3 is 0 Å². The minimum atomic E-state index is 0.128. The topological polar surface area (TPSA) is 33.1 Å². The number of hydrogen-bond acceptors (Lipinski definition) is 5. The maximum atomic E-state index is 8.87. The molecule has 0 fully saturated rings. The molecule has 0 aliphatic rings. The lowest BCUT2D eigenvalue weighted by Gasteiger charge is -1.89. The maximum Gasteiger partial charge on any atom is 0.155 e. The third kappa shape index (κ3) is 2.31. The van der Waals surface area contributed by atoms with Gasteiger partial charge in [-0.15, -0.1) is 22.7 Å². The molecule has 0 radical (unpaired) electrons. The molecule has 13 heavy (non-hydrogen) atoms. The average Bonchev–Trinajstić information content (AvgIpc) is 2.76. The Balaban J connectivity index is 2.10. The van der Waals surface area contributed by atoms with Gasteiger partial charge in [0.05, 0.1) is 10.8 Å². The molecule has 1 N–H and O–H groups in total. The predicted molar refractivity (Wildman–Crippen MR) is 56.5 cm³/mol. The highest BCUT2D eigenvalue weighted by Crippen LogP contribution is 2.34. The molecule has 0 aliphatic heterocycles. The second kappa shape index (κ2) is 4.23. The molecular weight excluding hydrogens is 222 g/mol. The molecule has 0 aromatic carbocycles. The number of aliphatic hydroxyl groups is 1. The summed E-state index contributed by atoms with van der Waals surface area (Å²) in [6.07, 6.45) is 1.80. The monoisotopic (exact) mass is 229 g/mol. The molecule has 2 heterocycles. The summed E-state index contributed by atoms with van der Waals surface area (Å²) in [5.41, 5.74) is 0. The van der Waals surface area contributed by atoms with Crippen LogP contribution in [0.1, 0.15) is 4.88 Å². The smallest absolute Gasteiger partial charge is 0.155 e. The van der Waals surface area contributed by atoms with Crippen molar-refractivity contribution in [2.75, 3.05) is 0 Å². The van der Waals surface area contributed by atoms with Gasteiger partial charge in [0.1, 0.15) is 0 Å². The number of thiophene rings is 1. The highest BCUT2D eigenvalue weighted by molar-refractivity contribution is 8.02. The minimum absolute atomic E-state index is 0.128. The van der Waals surface area contributed by atoms with E-state index < -0.39 is 0 Å². The van der Waals surface area contributed by atoms with E-state index in [4.69, 9.17) is 5.11 Å². The molecular formula is C8H7NOS3. The molecule has 5 heteroatoms. The van der Waals surface area contributed by atoms with Crippen LogP contribution in [0.3, 0.4) is 0 Å². The number of rotatable bonds is 3. The van der Waals surface area contributed by atoms with Gasteiger partial charge in [-0.2, -0.15) is 0 Å². The molecule has 0 saturated carbocycles. The van der Waals surface area contributed by atoms with Gasteiger partial charge in [-0.05, 0) is 23.9 Å². The molecule has 2 rings (SSSR count). The van der Waals surface area contributed by atoms with E-state index >= 15 is 0 Å². The molecule has 0 bridgehead atoms. The molecule has 2 aromatic rings. The van der Waals surface area contributed by atoms with Crippen molar-refractivity contribution in [3.63, 3.8) is 0 Å². The van der Waals surface area contributed by atoms with Crippen molar-refractivity contribution in [2.24, 2.45) is 0 Å². The zero-order chi connectivity index (χ0) is 9.10. The maximum absolute atomic E-state index is 8.87. The van der Waals surface area contributed by atoms with E-state index in [0.29, 0.717) is 0 Å². The van der Waals surface area contributed by atoms with Gasteiger partial charge < -0.3 is 5.11 Å². The van der Waals surface area contributed by atoms with Crippen LogP contribution >= 0.6 is 34.4 Å². The summed E-state index contributed by atoms with van der Waals surface area (Å²) in [6.45, 7) is 0.128. The summed E-state index contributed by atoms with van der Waals surface area (Å²) in [5.74, 6) is 0. The normalized spacial score (nSPS) is 10.5. The van der Waals surface area contributed by atoms with Crippen molar-refractivity contribution < 1.29 is 5.11 Å². The fourth-order valence-electron chi connectivity index (χ4n) is 0.845. The van der Waals surface area contributed by atoms with E-state index in [1.807, 2.05) is 17.5 Å². The van der Waals surface area contributed by atoms with Crippen LogP contribution in [0.5, 0.6) is 0 Å². The Morgan fingerprint density at radius 3 is 3.00 bits per heavy atom. The van der Waals surface area contributed by atoms with E-state index in [9.17, 15) is 0 Å². The third-order valence-electron chi connectivity index (χ3n) is 1.39. The summed E-state index contributed by atoms with van der Waals surface area (Å²) in [7, 11) is 0. The summed E-state index contributed by atoms with van der Waals surface area (Å²) < 4.78 is 2.23. The van der Waals surface area contributed by atoms with E-state index in [-0.39, 0.29) is 6.61 Å². The Kier molecular flexibility index (Phi) is 3.00. The second-order valence-electron chi connectivity index (χ2n) is 2.28. The number of aliphatic hydroxyl groups excluding tert-OH is 1. The Morgan fingerprint density at radius 2 is 2.38 bits per heavy atom. The van der Waals surface area contributed by atoms with Crippen molar-refractivity contribution in [3.8, 4) is 0 Å². The summed E-state index contributed by atoms with van der Waals surface area (Å²) in [4.78, 5) is 5.17. The average molecular weight is 229 g/mol. The van der Waals surface area contributed by atoms with Gasteiger partial charge in [-0.3, -0.25) is 0 Å². The van der Waals surface area contributed by atoms with Crippen LogP contribution in [0.15, 0.2) is 32.3 Å². The number of nitrogens with zero attached hydrogens (tertiary/aromatic N) is 1. The zero-order valence-electron chi connectivity index (χ0n) is 6.64. The predicted octanol–water partition coefficient (Wildman–Crippen LogP) is 2.85. The van der Waals surface area contributed by atoms with Crippen molar-refractivity contribution in [1.82, 2.24) is 4.98 Å². The number of hydrogen-bond donors (Lipinski definition) is 1. The third-order valence-corrected chi connectivity index (χ3v) is 4.48. The Hall–Kier alpha value is -0.360. The lowest BCUT2D eigenvalue weighted by atomic mass is 10.5. The highest BCUT2D eigenvalue weighted by atomic mass is 32.2. The molecule has 0 aliphatic carbocycles. The van der Waals surface area contributed by atoms with Crippen molar-refractivity contribution in [2.45, 2.75) is 15.2 Å². The van der Waals surface area contributed by atoms with E-state index in [1.54, 1.807) is 40.6 Å². The second-order valence-corrected chi connectivity index (χ2v) is 5.89. The molecule has 0 unspecified atom stereocenters. The minimum Gasteiger partial charge on any atom is -0.391 e. The summed E-state index contributed by atoms with van der Waals surface area (Å²) >= 11 is 4.89. The van der Waals surface area contributed by atoms with E-state index in [0.717, 1.165) is 9.22 Å². The highest BCUT2D eigenvalue weighted by Gasteiger charge is 2.02. The van der Waals surface area contributed by atoms with Gasteiger partial charge in [0.2, 0.25) is 0 Å². The lowest BCUT2D eigenvalue weighted by Crippen LogP contribution is -1.69. The van der Waals surface area contributed by atoms with Gasteiger partial charge in [0.15, 0.2) is 4.34 Å². The van der Waals surface area contributed by atoms with Gasteiger partial charge in [-0.25, -0.2) is 4.98 Å². The lowest BCUT2D eigenvalue weighted by molar-refractivity contribution is 0.285. The van der Waals surface area contributed by atoms with Crippen LogP contribution in [0.2, 0.25) is 0 Å². The first kappa shape index (κ1) is 9.21. The standard InChI is InChI=1S/C8H7NOS3/c10-5-6-1-2-7(12-6)13-8-9-3-4-11-8/h1-4,10H,5H2. The Morgan fingerprint density at radius 1 is 1.46 bits per heavy atom. The fourth-order valence-corrected chi connectivity index (χ4v) is 3.73. The first-order valence-electron chi connectivity index (χ1n) is 3.65. The van der Waals surface area contributed by atoms with Crippen molar-refractivity contribution in [1.29, 1.82) is 0 Å². The van der Waals surface area contributed by atoms with Gasteiger partial charge in [-0.1, -0.05) is 0 Å². The molecule has 68 valence electrons. The van der Waals surface area contributed by atoms with Crippen LogP contribution in [0.4, 0.5) is 0 Å². The first-order valence-corrected chi connectivity index (χ1v) is 6.16. The molecule has 2 nitrogen and oxygen atoms in total. The summed E-state index contributed by atoms with van der Waals surface area (Å²) in [5, 5.41) is 10.8. The van der Waals surface area contributed by atoms with Crippen LogP contribution in [0.25, 0.3) is 0 Å². The fraction of sp³-hybridized carbons (Fsp3) is 0.125. The number of thiazole rings is 1. The van der Waals surface area contributed by atoms with E-state index in [1.165, 1.54) is 4.21 Å². The van der Waals surface area contributed by atoms with Crippen LogP contribution < -0.4 is 0 Å². The largest absolute Gasteiger partial charge is 0.391 e. The zero-order valence-corrected chi connectivity index (χ0v) is 9.09. The van der Waals surface area contributed by atoms with Crippen LogP contribution in [0, 0.1) is 0 Å².